The summed E-state index contributed by atoms with van der Waals surface area (Å²) in [7, 11) is -4.53. The maximum absolute atomic E-state index is 13.1. The summed E-state index contributed by atoms with van der Waals surface area (Å²) in [5, 5.41) is 9.17. The molecule has 12 heteroatoms. The van der Waals surface area contributed by atoms with Crippen molar-refractivity contribution >= 4 is 15.9 Å². The molecule has 3 rings (SSSR count). The number of hydrogen-bond donors (Lipinski definition) is 2. The standard InChI is InChI=1S/C20H19F3N4O4S/c1-2-31-16-6-4-3-5-14(16)18-12(9-17(24)28)7-8-15(19(18)32(25,29)30)27-11-13(10-26-27)20(21,22)23/h3-8,10-11H,2,9H2,1H3,(H2,24,28)(H2,25,29,30). The molecule has 0 unspecified atom stereocenters. The second-order valence-corrected chi connectivity index (χ2v) is 8.23. The minimum absolute atomic E-state index is 0.00286. The van der Waals surface area contributed by atoms with E-state index in [1.54, 1.807) is 31.2 Å². The third-order valence-electron chi connectivity index (χ3n) is 4.49. The number of carbonyl (C=O) groups is 1. The van der Waals surface area contributed by atoms with E-state index in [1.165, 1.54) is 12.1 Å². The molecule has 3 aromatic rings. The van der Waals surface area contributed by atoms with Crippen molar-refractivity contribution in [3.8, 4) is 22.6 Å². The van der Waals surface area contributed by atoms with E-state index in [-0.39, 0.29) is 35.4 Å². The van der Waals surface area contributed by atoms with Gasteiger partial charge in [0.15, 0.2) is 0 Å². The molecule has 1 aromatic heterocycles. The van der Waals surface area contributed by atoms with E-state index < -0.39 is 32.6 Å². The van der Waals surface area contributed by atoms with E-state index in [0.29, 0.717) is 18.1 Å². The smallest absolute Gasteiger partial charge is 0.419 e. The number of primary sulfonamides is 1. The molecule has 170 valence electrons. The molecule has 1 amide bonds. The van der Waals surface area contributed by atoms with Gasteiger partial charge in [-0.1, -0.05) is 24.3 Å². The maximum atomic E-state index is 13.1. The Labute approximate surface area is 181 Å². The molecule has 0 atom stereocenters. The number of nitrogens with zero attached hydrogens (tertiary/aromatic N) is 2. The Morgan fingerprint density at radius 1 is 1.19 bits per heavy atom. The molecule has 0 aliphatic rings. The third kappa shape index (κ3) is 4.75. The predicted molar refractivity (Wildman–Crippen MR) is 109 cm³/mol. The lowest BCUT2D eigenvalue weighted by Gasteiger charge is -2.19. The molecule has 0 aliphatic carbocycles. The second kappa shape index (κ2) is 8.63. The summed E-state index contributed by atoms with van der Waals surface area (Å²) in [6.45, 7) is 1.97. The number of rotatable bonds is 7. The normalized spacial score (nSPS) is 12.0. The Balaban J connectivity index is 2.41. The number of aromatic nitrogens is 2. The first kappa shape index (κ1) is 23.3. The van der Waals surface area contributed by atoms with Crippen LogP contribution in [0.4, 0.5) is 13.2 Å². The van der Waals surface area contributed by atoms with Gasteiger partial charge in [0.2, 0.25) is 15.9 Å². The molecule has 0 aliphatic heterocycles. The van der Waals surface area contributed by atoms with Crippen molar-refractivity contribution in [2.45, 2.75) is 24.4 Å². The average molecular weight is 468 g/mol. The fourth-order valence-corrected chi connectivity index (χ4v) is 4.25. The van der Waals surface area contributed by atoms with E-state index in [2.05, 4.69) is 5.10 Å². The van der Waals surface area contributed by atoms with Crippen LogP contribution in [0.2, 0.25) is 0 Å². The van der Waals surface area contributed by atoms with Crippen LogP contribution in [0.1, 0.15) is 18.1 Å². The maximum Gasteiger partial charge on any atom is 0.419 e. The third-order valence-corrected chi connectivity index (χ3v) is 5.47. The first-order valence-electron chi connectivity index (χ1n) is 9.25. The van der Waals surface area contributed by atoms with Crippen LogP contribution in [0.25, 0.3) is 16.8 Å². The molecular weight excluding hydrogens is 449 g/mol. The SMILES string of the molecule is CCOc1ccccc1-c1c(CC(N)=O)ccc(-n2cc(C(F)(F)F)cn2)c1S(N)(=O)=O. The van der Waals surface area contributed by atoms with Gasteiger partial charge in [0.1, 0.15) is 10.6 Å². The van der Waals surface area contributed by atoms with Gasteiger partial charge in [-0.05, 0) is 24.6 Å². The number of hydrogen-bond acceptors (Lipinski definition) is 5. The highest BCUT2D eigenvalue weighted by molar-refractivity contribution is 7.89. The molecule has 0 saturated carbocycles. The zero-order chi connectivity index (χ0) is 23.7. The van der Waals surface area contributed by atoms with E-state index in [9.17, 15) is 26.4 Å². The number of benzene rings is 2. The lowest BCUT2D eigenvalue weighted by atomic mass is 9.95. The fourth-order valence-electron chi connectivity index (χ4n) is 3.27. The van der Waals surface area contributed by atoms with Crippen LogP contribution < -0.4 is 15.6 Å². The quantitative estimate of drug-likeness (QED) is 0.551. The van der Waals surface area contributed by atoms with Gasteiger partial charge >= 0.3 is 6.18 Å². The highest BCUT2D eigenvalue weighted by atomic mass is 32.2. The van der Waals surface area contributed by atoms with E-state index >= 15 is 0 Å². The van der Waals surface area contributed by atoms with Gasteiger partial charge < -0.3 is 10.5 Å². The molecule has 32 heavy (non-hydrogen) atoms. The summed E-state index contributed by atoms with van der Waals surface area (Å²) < 4.78 is 71.0. The fraction of sp³-hybridized carbons (Fsp3) is 0.200. The number of para-hydroxylation sites is 1. The molecule has 4 N–H and O–H groups in total. The molecular formula is C20H19F3N4O4S. The molecule has 0 spiro atoms. The van der Waals surface area contributed by atoms with Crippen molar-refractivity contribution in [2.75, 3.05) is 6.61 Å². The Kier molecular flexibility index (Phi) is 6.28. The zero-order valence-electron chi connectivity index (χ0n) is 16.8. The van der Waals surface area contributed by atoms with Crippen LogP contribution in [0.5, 0.6) is 5.75 Å². The van der Waals surface area contributed by atoms with Gasteiger partial charge in [-0.25, -0.2) is 18.2 Å². The number of ether oxygens (including phenoxy) is 1. The molecule has 0 saturated heterocycles. The lowest BCUT2D eigenvalue weighted by Crippen LogP contribution is -2.20. The summed E-state index contributed by atoms with van der Waals surface area (Å²) >= 11 is 0. The highest BCUT2D eigenvalue weighted by Crippen LogP contribution is 2.40. The Hall–Kier alpha value is -3.38. The number of alkyl halides is 3. The first-order chi connectivity index (χ1) is 14.9. The van der Waals surface area contributed by atoms with Crippen LogP contribution in [0, 0.1) is 0 Å². The summed E-state index contributed by atoms with van der Waals surface area (Å²) in [6, 6.07) is 9.02. The van der Waals surface area contributed by atoms with Crippen LogP contribution in [-0.4, -0.2) is 30.7 Å². The second-order valence-electron chi connectivity index (χ2n) is 6.74. The molecule has 2 aromatic carbocycles. The number of halogens is 3. The zero-order valence-corrected chi connectivity index (χ0v) is 17.6. The van der Waals surface area contributed by atoms with Crippen molar-refractivity contribution in [3.05, 3.63) is 59.9 Å². The molecule has 1 heterocycles. The number of nitrogens with two attached hydrogens (primary N) is 2. The van der Waals surface area contributed by atoms with Crippen molar-refractivity contribution in [1.29, 1.82) is 0 Å². The van der Waals surface area contributed by atoms with Crippen molar-refractivity contribution < 1.29 is 31.1 Å². The predicted octanol–water partition coefficient (Wildman–Crippen LogP) is 2.63. The Bertz CT molecular complexity index is 1270. The van der Waals surface area contributed by atoms with Gasteiger partial charge in [-0.2, -0.15) is 18.3 Å². The van der Waals surface area contributed by atoms with Crippen LogP contribution >= 0.6 is 0 Å². The van der Waals surface area contributed by atoms with E-state index in [4.69, 9.17) is 15.6 Å². The number of carbonyl (C=O) groups excluding carboxylic acids is 1. The van der Waals surface area contributed by atoms with Crippen LogP contribution in [0.15, 0.2) is 53.7 Å². The summed E-state index contributed by atoms with van der Waals surface area (Å²) in [4.78, 5) is 11.1. The molecule has 0 radical (unpaired) electrons. The van der Waals surface area contributed by atoms with Gasteiger partial charge in [-0.3, -0.25) is 4.79 Å². The van der Waals surface area contributed by atoms with Crippen molar-refractivity contribution in [2.24, 2.45) is 10.9 Å². The van der Waals surface area contributed by atoms with Crippen molar-refractivity contribution in [3.63, 3.8) is 0 Å². The summed E-state index contributed by atoms with van der Waals surface area (Å²) in [5.74, 6) is -0.453. The topological polar surface area (TPSA) is 130 Å². The molecule has 0 fully saturated rings. The van der Waals surface area contributed by atoms with E-state index in [1.807, 2.05) is 0 Å². The van der Waals surface area contributed by atoms with E-state index in [0.717, 1.165) is 4.68 Å². The summed E-state index contributed by atoms with van der Waals surface area (Å²) in [6.07, 6.45) is -3.81. The van der Waals surface area contributed by atoms with Crippen LogP contribution in [0.3, 0.4) is 0 Å². The highest BCUT2D eigenvalue weighted by Gasteiger charge is 2.33. The number of sulfonamides is 1. The molecule has 8 nitrogen and oxygen atoms in total. The first-order valence-corrected chi connectivity index (χ1v) is 10.8. The van der Waals surface area contributed by atoms with Gasteiger partial charge in [0.05, 0.1) is 30.5 Å². The largest absolute Gasteiger partial charge is 0.493 e. The lowest BCUT2D eigenvalue weighted by molar-refractivity contribution is -0.137. The van der Waals surface area contributed by atoms with Crippen LogP contribution in [-0.2, 0) is 27.4 Å². The minimum Gasteiger partial charge on any atom is -0.493 e. The Morgan fingerprint density at radius 2 is 1.88 bits per heavy atom. The number of amides is 1. The molecule has 0 bridgehead atoms. The monoisotopic (exact) mass is 468 g/mol. The summed E-state index contributed by atoms with van der Waals surface area (Å²) in [5.41, 5.74) is 4.52. The van der Waals surface area contributed by atoms with Crippen molar-refractivity contribution in [1.82, 2.24) is 9.78 Å². The average Bonchev–Trinajstić information content (AvgIpc) is 3.18. The van der Waals surface area contributed by atoms with Gasteiger partial charge in [0.25, 0.3) is 0 Å². The van der Waals surface area contributed by atoms with Gasteiger partial charge in [0, 0.05) is 17.3 Å². The Morgan fingerprint density at radius 3 is 2.44 bits per heavy atom. The number of primary amides is 1. The minimum atomic E-state index is -4.68. The van der Waals surface area contributed by atoms with Gasteiger partial charge in [-0.15, -0.1) is 0 Å².